The summed E-state index contributed by atoms with van der Waals surface area (Å²) in [6.07, 6.45) is 1.46. The minimum absolute atomic E-state index is 0.174. The van der Waals surface area contributed by atoms with Crippen molar-refractivity contribution in [1.29, 1.82) is 5.26 Å². The van der Waals surface area contributed by atoms with Gasteiger partial charge in [-0.05, 0) is 16.8 Å². The molecule has 2 aromatic heterocycles. The zero-order valence-corrected chi connectivity index (χ0v) is 12.9. The van der Waals surface area contributed by atoms with E-state index in [0.717, 1.165) is 16.3 Å². The molecule has 3 N–H and O–H groups in total. The predicted molar refractivity (Wildman–Crippen MR) is 92.8 cm³/mol. The first-order chi connectivity index (χ1) is 12.2. The van der Waals surface area contributed by atoms with Crippen LogP contribution in [0, 0.1) is 11.3 Å². The minimum atomic E-state index is -0.388. The van der Waals surface area contributed by atoms with E-state index in [1.165, 1.54) is 12.3 Å². The van der Waals surface area contributed by atoms with Crippen molar-refractivity contribution in [2.45, 2.75) is 0 Å². The highest BCUT2D eigenvalue weighted by Crippen LogP contribution is 2.26. The maximum Gasteiger partial charge on any atom is 0.259 e. The highest BCUT2D eigenvalue weighted by Gasteiger charge is 2.13. The summed E-state index contributed by atoms with van der Waals surface area (Å²) in [7, 11) is 0. The molecule has 7 heteroatoms. The maximum absolute atomic E-state index is 12.2. The second kappa shape index (κ2) is 5.94. The average Bonchev–Trinajstić information content (AvgIpc) is 3.30. The van der Waals surface area contributed by atoms with E-state index < -0.39 is 0 Å². The van der Waals surface area contributed by atoms with Crippen molar-refractivity contribution in [2.24, 2.45) is 0 Å². The first-order valence-corrected chi connectivity index (χ1v) is 7.55. The Labute approximate surface area is 142 Å². The lowest BCUT2D eigenvalue weighted by molar-refractivity contribution is 0.102. The number of aromatic nitrogens is 4. The van der Waals surface area contributed by atoms with Gasteiger partial charge in [0.25, 0.3) is 5.91 Å². The number of H-pyrrole nitrogens is 2. The van der Waals surface area contributed by atoms with Crippen LogP contribution in [0.2, 0.25) is 0 Å². The zero-order chi connectivity index (χ0) is 17.2. The van der Waals surface area contributed by atoms with Crippen LogP contribution in [0.15, 0.2) is 54.7 Å². The molecule has 4 aromatic rings. The molecule has 0 atom stereocenters. The predicted octanol–water partition coefficient (Wildman–Crippen LogP) is 3.08. The summed E-state index contributed by atoms with van der Waals surface area (Å²) in [5.41, 5.74) is 1.56. The number of hydrogen-bond donors (Lipinski definition) is 3. The Kier molecular flexibility index (Phi) is 3.48. The molecule has 1 amide bonds. The molecule has 0 bridgehead atoms. The zero-order valence-electron chi connectivity index (χ0n) is 12.9. The summed E-state index contributed by atoms with van der Waals surface area (Å²) in [4.78, 5) is 19.2. The van der Waals surface area contributed by atoms with Crippen molar-refractivity contribution in [3.8, 4) is 17.5 Å². The molecule has 120 valence electrons. The number of nitrogens with one attached hydrogen (secondary N) is 3. The number of rotatable bonds is 3. The number of fused-ring (bicyclic) bond motifs is 1. The number of nitriles is 1. The fourth-order valence-corrected chi connectivity index (χ4v) is 2.63. The van der Waals surface area contributed by atoms with Crippen molar-refractivity contribution in [3.05, 3.63) is 66.0 Å². The van der Waals surface area contributed by atoms with Crippen molar-refractivity contribution in [1.82, 2.24) is 20.2 Å². The summed E-state index contributed by atoms with van der Waals surface area (Å²) in [5.74, 6) is 0.354. The van der Waals surface area contributed by atoms with Gasteiger partial charge in [-0.3, -0.25) is 15.2 Å². The summed E-state index contributed by atoms with van der Waals surface area (Å²) in [6, 6.07) is 17.3. The van der Waals surface area contributed by atoms with Crippen LogP contribution in [0.3, 0.4) is 0 Å². The quantitative estimate of drug-likeness (QED) is 0.536. The molecular weight excluding hydrogens is 316 g/mol. The van der Waals surface area contributed by atoms with Crippen LogP contribution in [0.5, 0.6) is 0 Å². The van der Waals surface area contributed by atoms with Gasteiger partial charge in [0.15, 0.2) is 5.82 Å². The molecule has 0 aliphatic heterocycles. The van der Waals surface area contributed by atoms with E-state index in [0.29, 0.717) is 17.1 Å². The smallest absolute Gasteiger partial charge is 0.259 e. The fraction of sp³-hybridized carbons (Fsp3) is 0. The second-order valence-corrected chi connectivity index (χ2v) is 5.40. The van der Waals surface area contributed by atoms with E-state index in [2.05, 4.69) is 25.5 Å². The highest BCUT2D eigenvalue weighted by molar-refractivity contribution is 6.03. The topological polar surface area (TPSA) is 110 Å². The van der Waals surface area contributed by atoms with E-state index >= 15 is 0 Å². The Hall–Kier alpha value is -3.92. The number of carbonyl (C=O) groups is 1. The van der Waals surface area contributed by atoms with Gasteiger partial charge >= 0.3 is 0 Å². The van der Waals surface area contributed by atoms with Crippen molar-refractivity contribution in [2.75, 3.05) is 5.32 Å². The summed E-state index contributed by atoms with van der Waals surface area (Å²) in [6.45, 7) is 0. The van der Waals surface area contributed by atoms with Gasteiger partial charge in [0.05, 0.1) is 5.56 Å². The number of benzene rings is 2. The third kappa shape index (κ3) is 2.72. The highest BCUT2D eigenvalue weighted by atomic mass is 16.1. The van der Waals surface area contributed by atoms with Crippen LogP contribution in [-0.2, 0) is 0 Å². The van der Waals surface area contributed by atoms with Gasteiger partial charge in [-0.15, -0.1) is 5.10 Å². The Morgan fingerprint density at radius 1 is 1.16 bits per heavy atom. The van der Waals surface area contributed by atoms with Gasteiger partial charge < -0.3 is 4.98 Å². The lowest BCUT2D eigenvalue weighted by Crippen LogP contribution is -2.12. The molecule has 0 aliphatic rings. The Balaban J connectivity index is 1.62. The number of aromatic amines is 2. The second-order valence-electron chi connectivity index (χ2n) is 5.40. The van der Waals surface area contributed by atoms with Gasteiger partial charge in [-0.2, -0.15) is 10.2 Å². The number of hydrogen-bond acceptors (Lipinski definition) is 4. The van der Waals surface area contributed by atoms with Crippen LogP contribution in [-0.4, -0.2) is 26.1 Å². The normalized spacial score (nSPS) is 10.5. The first-order valence-electron chi connectivity index (χ1n) is 7.55. The van der Waals surface area contributed by atoms with Gasteiger partial charge in [0.1, 0.15) is 11.8 Å². The molecule has 0 spiro atoms. The van der Waals surface area contributed by atoms with E-state index in [1.54, 1.807) is 0 Å². The maximum atomic E-state index is 12.2. The summed E-state index contributed by atoms with van der Waals surface area (Å²) >= 11 is 0. The Bertz CT molecular complexity index is 1110. The summed E-state index contributed by atoms with van der Waals surface area (Å²) in [5, 5.41) is 20.4. The molecule has 0 saturated carbocycles. The van der Waals surface area contributed by atoms with E-state index in [-0.39, 0.29) is 11.9 Å². The minimum Gasteiger partial charge on any atom is -0.352 e. The SMILES string of the molecule is N#Cc1cc(C(=O)Nc2n[nH]c(-c3cccc4ccccc34)n2)c[nH]1. The molecular formula is C18H12N6O. The molecule has 0 unspecified atom stereocenters. The molecule has 4 rings (SSSR count). The lowest BCUT2D eigenvalue weighted by atomic mass is 10.0. The van der Waals surface area contributed by atoms with Crippen LogP contribution < -0.4 is 5.32 Å². The molecule has 0 aliphatic carbocycles. The van der Waals surface area contributed by atoms with Crippen LogP contribution in [0.25, 0.3) is 22.2 Å². The van der Waals surface area contributed by atoms with Crippen LogP contribution in [0.1, 0.15) is 16.1 Å². The summed E-state index contributed by atoms with van der Waals surface area (Å²) < 4.78 is 0. The molecule has 7 nitrogen and oxygen atoms in total. The number of nitrogens with zero attached hydrogens (tertiary/aromatic N) is 3. The van der Waals surface area contributed by atoms with Gasteiger partial charge in [-0.25, -0.2) is 0 Å². The van der Waals surface area contributed by atoms with Gasteiger partial charge in [0.2, 0.25) is 5.95 Å². The standard InChI is InChI=1S/C18H12N6O/c19-9-13-8-12(10-20-13)17(25)22-18-21-16(23-24-18)15-7-3-5-11-4-1-2-6-14(11)15/h1-8,10,20H,(H2,21,22,23,24,25). The largest absolute Gasteiger partial charge is 0.352 e. The number of amides is 1. The molecule has 2 heterocycles. The van der Waals surface area contributed by atoms with Crippen LogP contribution in [0.4, 0.5) is 5.95 Å². The molecule has 2 aromatic carbocycles. The first kappa shape index (κ1) is 14.7. The Morgan fingerprint density at radius 3 is 2.84 bits per heavy atom. The molecule has 0 saturated heterocycles. The Morgan fingerprint density at radius 2 is 2.00 bits per heavy atom. The monoisotopic (exact) mass is 328 g/mol. The molecule has 25 heavy (non-hydrogen) atoms. The number of carbonyl (C=O) groups excluding carboxylic acids is 1. The number of anilines is 1. The fourth-order valence-electron chi connectivity index (χ4n) is 2.63. The van der Waals surface area contributed by atoms with Gasteiger partial charge in [0, 0.05) is 11.8 Å². The van der Waals surface area contributed by atoms with E-state index in [1.807, 2.05) is 48.5 Å². The third-order valence-electron chi connectivity index (χ3n) is 3.82. The third-order valence-corrected chi connectivity index (χ3v) is 3.82. The van der Waals surface area contributed by atoms with Crippen molar-refractivity contribution in [3.63, 3.8) is 0 Å². The molecule has 0 fully saturated rings. The molecule has 0 radical (unpaired) electrons. The van der Waals surface area contributed by atoms with E-state index in [4.69, 9.17) is 5.26 Å². The van der Waals surface area contributed by atoms with Gasteiger partial charge in [-0.1, -0.05) is 42.5 Å². The average molecular weight is 328 g/mol. The van der Waals surface area contributed by atoms with Crippen molar-refractivity contribution < 1.29 is 4.79 Å². The van der Waals surface area contributed by atoms with E-state index in [9.17, 15) is 4.79 Å². The van der Waals surface area contributed by atoms with Crippen molar-refractivity contribution >= 4 is 22.6 Å². The van der Waals surface area contributed by atoms with Crippen LogP contribution >= 0.6 is 0 Å². The lowest BCUT2D eigenvalue weighted by Gasteiger charge is -2.02.